The molecule has 0 aromatic carbocycles. The second kappa shape index (κ2) is 4.45. The first-order valence-corrected chi connectivity index (χ1v) is 4.56. The van der Waals surface area contributed by atoms with E-state index in [1.54, 1.807) is 0 Å². The van der Waals surface area contributed by atoms with Crippen molar-refractivity contribution in [3.63, 3.8) is 0 Å². The van der Waals surface area contributed by atoms with Crippen molar-refractivity contribution < 1.29 is 9.59 Å². The fourth-order valence-corrected chi connectivity index (χ4v) is 1.81. The summed E-state index contributed by atoms with van der Waals surface area (Å²) in [5.41, 5.74) is 0. The molecule has 0 heterocycles. The molecule has 0 atom stereocenters. The van der Waals surface area contributed by atoms with Crippen LogP contribution in [0, 0.1) is 0 Å². The maximum Gasteiger partial charge on any atom is 0.323 e. The van der Waals surface area contributed by atoms with Gasteiger partial charge in [-0.3, -0.25) is 14.5 Å². The summed E-state index contributed by atoms with van der Waals surface area (Å²) in [7, 11) is 0. The molecule has 1 aliphatic rings. The number of amides is 2. The summed E-state index contributed by atoms with van der Waals surface area (Å²) in [5, 5.41) is -0.656. The van der Waals surface area contributed by atoms with Crippen LogP contribution in [0.4, 0.5) is 4.79 Å². The van der Waals surface area contributed by atoms with Gasteiger partial charge in [0.05, 0.1) is 0 Å². The number of hydrogen-bond acceptors (Lipinski definition) is 2. The van der Waals surface area contributed by atoms with E-state index in [0.717, 1.165) is 30.6 Å². The molecular formula is C8H12ClNO2. The lowest BCUT2D eigenvalue weighted by atomic mass is 9.95. The average molecular weight is 190 g/mol. The topological polar surface area (TPSA) is 37.4 Å². The summed E-state index contributed by atoms with van der Waals surface area (Å²) < 4.78 is 0. The minimum atomic E-state index is -0.656. The molecule has 0 spiro atoms. The van der Waals surface area contributed by atoms with Gasteiger partial charge in [0, 0.05) is 6.04 Å². The monoisotopic (exact) mass is 189 g/mol. The molecule has 0 aromatic heterocycles. The molecule has 0 N–H and O–H groups in total. The first-order chi connectivity index (χ1) is 5.75. The van der Waals surface area contributed by atoms with E-state index in [1.165, 1.54) is 6.42 Å². The molecule has 12 heavy (non-hydrogen) atoms. The summed E-state index contributed by atoms with van der Waals surface area (Å²) in [4.78, 5) is 22.3. The first-order valence-electron chi connectivity index (χ1n) is 4.19. The van der Waals surface area contributed by atoms with Gasteiger partial charge in [-0.05, 0) is 24.4 Å². The molecule has 0 unspecified atom stereocenters. The SMILES string of the molecule is O=CN(C(=O)Cl)C1CCCCC1. The smallest absolute Gasteiger partial charge is 0.278 e. The lowest BCUT2D eigenvalue weighted by molar-refractivity contribution is -0.117. The molecule has 0 aromatic rings. The van der Waals surface area contributed by atoms with Crippen molar-refractivity contribution >= 4 is 23.4 Å². The van der Waals surface area contributed by atoms with Crippen LogP contribution >= 0.6 is 11.6 Å². The molecule has 3 nitrogen and oxygen atoms in total. The number of rotatable bonds is 2. The lowest BCUT2D eigenvalue weighted by Gasteiger charge is -2.27. The van der Waals surface area contributed by atoms with Gasteiger partial charge in [-0.2, -0.15) is 0 Å². The highest BCUT2D eigenvalue weighted by Gasteiger charge is 2.23. The molecule has 2 amide bonds. The molecule has 1 saturated carbocycles. The van der Waals surface area contributed by atoms with Gasteiger partial charge >= 0.3 is 5.37 Å². The molecule has 1 rings (SSSR count). The maximum absolute atomic E-state index is 10.7. The van der Waals surface area contributed by atoms with E-state index < -0.39 is 5.37 Å². The minimum Gasteiger partial charge on any atom is -0.278 e. The zero-order valence-corrected chi connectivity index (χ0v) is 7.59. The van der Waals surface area contributed by atoms with Crippen LogP contribution in [0.3, 0.4) is 0 Å². The predicted octanol–water partition coefficient (Wildman–Crippen LogP) is 2.14. The highest BCUT2D eigenvalue weighted by molar-refractivity contribution is 6.63. The third kappa shape index (κ3) is 2.21. The first kappa shape index (κ1) is 9.52. The van der Waals surface area contributed by atoms with Gasteiger partial charge in [0.2, 0.25) is 6.41 Å². The van der Waals surface area contributed by atoms with Gasteiger partial charge in [-0.15, -0.1) is 0 Å². The summed E-state index contributed by atoms with van der Waals surface area (Å²) in [6.07, 6.45) is 5.69. The van der Waals surface area contributed by atoms with E-state index in [0.29, 0.717) is 6.41 Å². The Labute approximate surface area is 76.7 Å². The zero-order valence-electron chi connectivity index (χ0n) is 6.83. The van der Waals surface area contributed by atoms with Crippen molar-refractivity contribution in [3.05, 3.63) is 0 Å². The van der Waals surface area contributed by atoms with Crippen LogP contribution in [-0.4, -0.2) is 22.7 Å². The highest BCUT2D eigenvalue weighted by Crippen LogP contribution is 2.22. The van der Waals surface area contributed by atoms with E-state index in [-0.39, 0.29) is 6.04 Å². The number of carbonyl (C=O) groups excluding carboxylic acids is 2. The molecule has 1 fully saturated rings. The highest BCUT2D eigenvalue weighted by atomic mass is 35.5. The van der Waals surface area contributed by atoms with Crippen LogP contribution in [-0.2, 0) is 4.79 Å². The molecule has 0 aliphatic heterocycles. The van der Waals surface area contributed by atoms with Crippen LogP contribution in [0.5, 0.6) is 0 Å². The minimum absolute atomic E-state index is 0.0428. The van der Waals surface area contributed by atoms with Crippen molar-refractivity contribution in [2.75, 3.05) is 0 Å². The van der Waals surface area contributed by atoms with E-state index in [1.807, 2.05) is 0 Å². The van der Waals surface area contributed by atoms with Crippen LogP contribution < -0.4 is 0 Å². The van der Waals surface area contributed by atoms with Crippen molar-refractivity contribution in [2.24, 2.45) is 0 Å². The van der Waals surface area contributed by atoms with Crippen molar-refractivity contribution in [1.29, 1.82) is 0 Å². The Bertz CT molecular complexity index is 178. The number of nitrogens with zero attached hydrogens (tertiary/aromatic N) is 1. The second-order valence-electron chi connectivity index (χ2n) is 3.06. The summed E-state index contributed by atoms with van der Waals surface area (Å²) in [5.74, 6) is 0. The van der Waals surface area contributed by atoms with Gasteiger partial charge in [0.1, 0.15) is 0 Å². The Morgan fingerprint density at radius 2 is 1.92 bits per heavy atom. The largest absolute Gasteiger partial charge is 0.323 e. The number of hydrogen-bond donors (Lipinski definition) is 0. The fraction of sp³-hybridized carbons (Fsp3) is 0.750. The second-order valence-corrected chi connectivity index (χ2v) is 3.38. The average Bonchev–Trinajstić information content (AvgIpc) is 2.07. The van der Waals surface area contributed by atoms with Crippen LogP contribution in [0.25, 0.3) is 0 Å². The maximum atomic E-state index is 10.7. The van der Waals surface area contributed by atoms with Gasteiger partial charge in [0.15, 0.2) is 0 Å². The van der Waals surface area contributed by atoms with Crippen LogP contribution in [0.1, 0.15) is 32.1 Å². The van der Waals surface area contributed by atoms with Gasteiger partial charge in [0.25, 0.3) is 0 Å². The molecule has 0 bridgehead atoms. The molecule has 0 saturated heterocycles. The molecular weight excluding hydrogens is 178 g/mol. The van der Waals surface area contributed by atoms with Crippen LogP contribution in [0.2, 0.25) is 0 Å². The van der Waals surface area contributed by atoms with Crippen molar-refractivity contribution in [1.82, 2.24) is 4.90 Å². The van der Waals surface area contributed by atoms with Gasteiger partial charge in [-0.25, -0.2) is 0 Å². The van der Waals surface area contributed by atoms with Crippen molar-refractivity contribution in [2.45, 2.75) is 38.1 Å². The molecule has 0 radical (unpaired) electrons. The van der Waals surface area contributed by atoms with E-state index in [2.05, 4.69) is 0 Å². The fourth-order valence-electron chi connectivity index (χ4n) is 1.63. The lowest BCUT2D eigenvalue weighted by Crippen LogP contribution is -2.37. The molecule has 68 valence electrons. The van der Waals surface area contributed by atoms with E-state index >= 15 is 0 Å². The third-order valence-electron chi connectivity index (χ3n) is 2.28. The third-order valence-corrected chi connectivity index (χ3v) is 2.48. The molecule has 4 heteroatoms. The number of carbonyl (C=O) groups is 2. The van der Waals surface area contributed by atoms with E-state index in [9.17, 15) is 9.59 Å². The molecule has 1 aliphatic carbocycles. The van der Waals surface area contributed by atoms with E-state index in [4.69, 9.17) is 11.6 Å². The van der Waals surface area contributed by atoms with Crippen molar-refractivity contribution in [3.8, 4) is 0 Å². The summed E-state index contributed by atoms with van der Waals surface area (Å²) >= 11 is 5.23. The zero-order chi connectivity index (χ0) is 8.97. The Kier molecular flexibility index (Phi) is 3.53. The quantitative estimate of drug-likeness (QED) is 0.379. The Hall–Kier alpha value is -0.570. The van der Waals surface area contributed by atoms with Gasteiger partial charge in [-0.1, -0.05) is 19.3 Å². The Balaban J connectivity index is 2.51. The Morgan fingerprint density at radius 3 is 2.33 bits per heavy atom. The number of imide groups is 1. The normalized spacial score (nSPS) is 18.8. The predicted molar refractivity (Wildman–Crippen MR) is 46.0 cm³/mol. The number of halogens is 1. The summed E-state index contributed by atoms with van der Waals surface area (Å²) in [6.45, 7) is 0. The summed E-state index contributed by atoms with van der Waals surface area (Å²) in [6, 6.07) is 0.0428. The van der Waals surface area contributed by atoms with Gasteiger partial charge < -0.3 is 0 Å². The van der Waals surface area contributed by atoms with Crippen LogP contribution in [0.15, 0.2) is 0 Å². The standard InChI is InChI=1S/C8H12ClNO2/c9-8(12)10(6-11)7-4-2-1-3-5-7/h6-7H,1-5H2. The Morgan fingerprint density at radius 1 is 1.33 bits per heavy atom.